The molecule has 0 fully saturated rings. The zero-order valence-electron chi connectivity index (χ0n) is 29.4. The van der Waals surface area contributed by atoms with Crippen LogP contribution in [0.4, 0.5) is 17.1 Å². The highest BCUT2D eigenvalue weighted by molar-refractivity contribution is 5.89. The van der Waals surface area contributed by atoms with E-state index in [2.05, 4.69) is 192 Å². The zero-order chi connectivity index (χ0) is 35.8. The van der Waals surface area contributed by atoms with Gasteiger partial charge in [-0.3, -0.25) is 0 Å². The summed E-state index contributed by atoms with van der Waals surface area (Å²) in [5.74, 6) is 0.803. The van der Waals surface area contributed by atoms with Crippen molar-refractivity contribution in [3.8, 4) is 44.7 Å². The molecule has 10 rings (SSSR count). The summed E-state index contributed by atoms with van der Waals surface area (Å²) in [6.07, 6.45) is 1.76. The standard InChI is InChI=1S/C51H34N2O/c1-3-8-42-32-44(17-15-35(42)6-1)39-13-11-37(12-14-39)38-19-25-47(26-20-38)53(49-29-23-41(24-30-49)50-34-46-10-5-31-52-51(46)54-50)48-27-21-40(22-28-48)45-18-16-36-7-2-4-9-43(36)33-45/h1-34H. The van der Waals surface area contributed by atoms with Gasteiger partial charge in [-0.25, -0.2) is 4.98 Å². The maximum atomic E-state index is 6.09. The molecule has 0 radical (unpaired) electrons. The average Bonchev–Trinajstić information content (AvgIpc) is 3.69. The second-order valence-electron chi connectivity index (χ2n) is 13.7. The van der Waals surface area contributed by atoms with Crippen LogP contribution >= 0.6 is 0 Å². The van der Waals surface area contributed by atoms with Gasteiger partial charge in [-0.2, -0.15) is 0 Å². The van der Waals surface area contributed by atoms with Crippen LogP contribution in [0.2, 0.25) is 0 Å². The van der Waals surface area contributed by atoms with Crippen LogP contribution in [-0.4, -0.2) is 4.98 Å². The summed E-state index contributed by atoms with van der Waals surface area (Å²) >= 11 is 0. The predicted octanol–water partition coefficient (Wildman–Crippen LogP) is 14.3. The molecule has 2 heterocycles. The fraction of sp³-hybridized carbons (Fsp3) is 0. The summed E-state index contributed by atoms with van der Waals surface area (Å²) in [5, 5.41) is 5.99. The van der Waals surface area contributed by atoms with E-state index in [1.165, 1.54) is 54.9 Å². The Hall–Kier alpha value is -7.23. The number of rotatable bonds is 7. The van der Waals surface area contributed by atoms with Crippen LogP contribution in [0.15, 0.2) is 211 Å². The van der Waals surface area contributed by atoms with Crippen LogP contribution in [-0.2, 0) is 0 Å². The highest BCUT2D eigenvalue weighted by Gasteiger charge is 2.15. The van der Waals surface area contributed by atoms with Crippen molar-refractivity contribution in [1.82, 2.24) is 4.98 Å². The molecule has 2 aromatic heterocycles. The molecule has 0 spiro atoms. The number of pyridine rings is 1. The monoisotopic (exact) mass is 690 g/mol. The van der Waals surface area contributed by atoms with Crippen molar-refractivity contribution in [3.63, 3.8) is 0 Å². The van der Waals surface area contributed by atoms with E-state index in [9.17, 15) is 0 Å². The highest BCUT2D eigenvalue weighted by atomic mass is 16.3. The molecule has 3 heteroatoms. The lowest BCUT2D eigenvalue weighted by Gasteiger charge is -2.26. The van der Waals surface area contributed by atoms with Crippen LogP contribution in [0.1, 0.15) is 0 Å². The van der Waals surface area contributed by atoms with Gasteiger partial charge in [-0.1, -0.05) is 121 Å². The Balaban J connectivity index is 0.975. The Morgan fingerprint density at radius 3 is 1.19 bits per heavy atom. The van der Waals surface area contributed by atoms with Crippen molar-refractivity contribution < 1.29 is 4.42 Å². The van der Waals surface area contributed by atoms with E-state index in [1.54, 1.807) is 6.20 Å². The fourth-order valence-corrected chi connectivity index (χ4v) is 7.44. The van der Waals surface area contributed by atoms with E-state index in [4.69, 9.17) is 4.42 Å². The van der Waals surface area contributed by atoms with Crippen molar-refractivity contribution in [2.24, 2.45) is 0 Å². The average molecular weight is 691 g/mol. The molecular formula is C51H34N2O. The zero-order valence-corrected chi connectivity index (χ0v) is 29.4. The highest BCUT2D eigenvalue weighted by Crippen LogP contribution is 2.39. The number of hydrogen-bond donors (Lipinski definition) is 0. The van der Waals surface area contributed by atoms with Gasteiger partial charge >= 0.3 is 0 Å². The largest absolute Gasteiger partial charge is 0.438 e. The predicted molar refractivity (Wildman–Crippen MR) is 225 cm³/mol. The Morgan fingerprint density at radius 1 is 0.315 bits per heavy atom. The van der Waals surface area contributed by atoms with E-state index in [0.717, 1.165) is 33.8 Å². The van der Waals surface area contributed by atoms with Crippen LogP contribution in [0, 0.1) is 0 Å². The molecule has 0 atom stereocenters. The van der Waals surface area contributed by atoms with E-state index < -0.39 is 0 Å². The minimum atomic E-state index is 0.646. The van der Waals surface area contributed by atoms with Gasteiger partial charge in [0, 0.05) is 34.2 Å². The smallest absolute Gasteiger partial charge is 0.226 e. The summed E-state index contributed by atoms with van der Waals surface area (Å²) in [7, 11) is 0. The van der Waals surface area contributed by atoms with Crippen molar-refractivity contribution in [1.29, 1.82) is 0 Å². The van der Waals surface area contributed by atoms with Gasteiger partial charge in [0.2, 0.25) is 5.71 Å². The first-order chi connectivity index (χ1) is 26.7. The van der Waals surface area contributed by atoms with Gasteiger partial charge in [0.05, 0.1) is 0 Å². The molecule has 0 bridgehead atoms. The van der Waals surface area contributed by atoms with Crippen LogP contribution in [0.3, 0.4) is 0 Å². The number of hydrogen-bond acceptors (Lipinski definition) is 3. The molecule has 254 valence electrons. The number of furan rings is 1. The van der Waals surface area contributed by atoms with Gasteiger partial charge in [-0.05, 0) is 134 Å². The van der Waals surface area contributed by atoms with Gasteiger partial charge in [0.15, 0.2) is 0 Å². The van der Waals surface area contributed by atoms with Crippen LogP contribution < -0.4 is 4.90 Å². The first-order valence-electron chi connectivity index (χ1n) is 18.3. The molecule has 0 unspecified atom stereocenters. The number of benzene rings is 8. The lowest BCUT2D eigenvalue weighted by molar-refractivity contribution is 0.618. The van der Waals surface area contributed by atoms with E-state index >= 15 is 0 Å². The minimum absolute atomic E-state index is 0.646. The molecule has 0 saturated heterocycles. The number of anilines is 3. The SMILES string of the molecule is c1ccc2cc(-c3ccc(-c4ccc(N(c5ccc(-c6ccc7ccccc7c6)cc5)c5ccc(-c6cc7cccnc7o6)cc5)cc4)cc3)ccc2c1. The van der Waals surface area contributed by atoms with Gasteiger partial charge in [-0.15, -0.1) is 0 Å². The van der Waals surface area contributed by atoms with E-state index in [1.807, 2.05) is 18.2 Å². The maximum absolute atomic E-state index is 6.09. The quantitative estimate of drug-likeness (QED) is 0.167. The summed E-state index contributed by atoms with van der Waals surface area (Å²) in [4.78, 5) is 6.68. The first-order valence-corrected chi connectivity index (χ1v) is 18.3. The molecular weight excluding hydrogens is 657 g/mol. The molecule has 10 aromatic rings. The summed E-state index contributed by atoms with van der Waals surface area (Å²) < 4.78 is 6.09. The third-order valence-corrected chi connectivity index (χ3v) is 10.3. The Bertz CT molecular complexity index is 2870. The molecule has 54 heavy (non-hydrogen) atoms. The third-order valence-electron chi connectivity index (χ3n) is 10.3. The van der Waals surface area contributed by atoms with Crippen molar-refractivity contribution in [2.45, 2.75) is 0 Å². The number of fused-ring (bicyclic) bond motifs is 3. The second kappa shape index (κ2) is 13.4. The molecule has 0 aliphatic carbocycles. The molecule has 0 aliphatic rings. The van der Waals surface area contributed by atoms with E-state index in [-0.39, 0.29) is 0 Å². The number of nitrogens with zero attached hydrogens (tertiary/aromatic N) is 2. The van der Waals surface area contributed by atoms with Crippen LogP contribution in [0.25, 0.3) is 77.3 Å². The molecule has 0 amide bonds. The normalized spacial score (nSPS) is 11.3. The van der Waals surface area contributed by atoms with Crippen LogP contribution in [0.5, 0.6) is 0 Å². The molecule has 3 nitrogen and oxygen atoms in total. The van der Waals surface area contributed by atoms with E-state index in [0.29, 0.717) is 5.71 Å². The Morgan fingerprint density at radius 2 is 0.704 bits per heavy atom. The first kappa shape index (κ1) is 31.5. The number of aromatic nitrogens is 1. The Labute approximate surface area is 314 Å². The van der Waals surface area contributed by atoms with Crippen molar-refractivity contribution >= 4 is 49.7 Å². The van der Waals surface area contributed by atoms with Crippen molar-refractivity contribution in [3.05, 3.63) is 206 Å². The molecule has 8 aromatic carbocycles. The summed E-state index contributed by atoms with van der Waals surface area (Å²) in [6, 6.07) is 71.5. The minimum Gasteiger partial charge on any atom is -0.438 e. The topological polar surface area (TPSA) is 29.3 Å². The lowest BCUT2D eigenvalue weighted by Crippen LogP contribution is -2.09. The fourth-order valence-electron chi connectivity index (χ4n) is 7.44. The lowest BCUT2D eigenvalue weighted by atomic mass is 9.98. The second-order valence-corrected chi connectivity index (χ2v) is 13.7. The molecule has 0 N–H and O–H groups in total. The molecule has 0 saturated carbocycles. The summed E-state index contributed by atoms with van der Waals surface area (Å²) in [6.45, 7) is 0. The summed E-state index contributed by atoms with van der Waals surface area (Å²) in [5.41, 5.74) is 12.0. The van der Waals surface area contributed by atoms with Crippen molar-refractivity contribution in [2.75, 3.05) is 4.90 Å². The van der Waals surface area contributed by atoms with Gasteiger partial charge < -0.3 is 9.32 Å². The maximum Gasteiger partial charge on any atom is 0.226 e. The third kappa shape index (κ3) is 5.98. The Kier molecular flexibility index (Phi) is 7.81. The molecule has 0 aliphatic heterocycles. The van der Waals surface area contributed by atoms with Gasteiger partial charge in [0.1, 0.15) is 5.76 Å². The van der Waals surface area contributed by atoms with Gasteiger partial charge in [0.25, 0.3) is 0 Å².